The van der Waals surface area contributed by atoms with E-state index in [0.717, 1.165) is 59.8 Å². The van der Waals surface area contributed by atoms with E-state index in [0.29, 0.717) is 22.5 Å². The molecule has 1 aliphatic rings. The van der Waals surface area contributed by atoms with Crippen LogP contribution in [0, 0.1) is 0 Å². The predicted octanol–water partition coefficient (Wildman–Crippen LogP) is 11.6. The molecule has 3 N–H and O–H groups in total. The van der Waals surface area contributed by atoms with Crippen molar-refractivity contribution in [2.75, 3.05) is 23.3 Å². The number of hydrogen-bond donors (Lipinski definition) is 3. The van der Waals surface area contributed by atoms with E-state index in [1.54, 1.807) is 6.07 Å². The lowest BCUT2D eigenvalue weighted by Crippen LogP contribution is -2.21. The molecule has 0 saturated carbocycles. The Kier molecular flexibility index (Phi) is 12.8. The topological polar surface area (TPSA) is 92.9 Å². The van der Waals surface area contributed by atoms with Crippen molar-refractivity contribution in [1.29, 1.82) is 0 Å². The van der Waals surface area contributed by atoms with Crippen LogP contribution in [0.2, 0.25) is 0 Å². The van der Waals surface area contributed by atoms with Gasteiger partial charge in [0.1, 0.15) is 17.2 Å². The Morgan fingerprint density at radius 2 is 1.25 bits per heavy atom. The van der Waals surface area contributed by atoms with Gasteiger partial charge in [0.25, 0.3) is 10.1 Å². The first kappa shape index (κ1) is 42.9. The molecule has 0 amide bonds. The van der Waals surface area contributed by atoms with Crippen LogP contribution in [0.1, 0.15) is 88.8 Å². The summed E-state index contributed by atoms with van der Waals surface area (Å²) in [5.41, 5.74) is 9.20. The zero-order chi connectivity index (χ0) is 42.5. The van der Waals surface area contributed by atoms with Crippen molar-refractivity contribution in [3.63, 3.8) is 0 Å². The monoisotopic (exact) mass is 808 g/mol. The summed E-state index contributed by atoms with van der Waals surface area (Å²) in [7, 11) is -4.72. The third kappa shape index (κ3) is 10.3. The minimum atomic E-state index is -4.72. The van der Waals surface area contributed by atoms with Crippen molar-refractivity contribution in [3.8, 4) is 5.75 Å². The Hall–Kier alpha value is -5.70. The SMILES string of the molecule is CCN(Cc1ccccc1)c1ccc(C(=C2C=CC(=[N+](CC)Cc3ccccc3)C=C2)c2ccc(Nc3cc(C(C)(C)C)c(O)c(C(C)(C)C)c3)cc2S(=O)(=O)O)cc1. The zero-order valence-electron chi connectivity index (χ0n) is 35.6. The van der Waals surface area contributed by atoms with Crippen LogP contribution in [0.5, 0.6) is 5.75 Å². The van der Waals surface area contributed by atoms with Crippen molar-refractivity contribution in [2.24, 2.45) is 0 Å². The standard InChI is InChI=1S/C51H57N3O4S/c1-9-53(34-36-17-13-11-14-18-36)42-26-21-38(22-27-42)48(39-23-28-43(29-24-39)54(10-2)35-37-19-15-12-16-20-37)44-30-25-40(33-47(44)59(56,57)58)52-41-31-45(50(3,4)5)49(55)46(32-41)51(6,7)8/h11-33H,9-10,34-35H2,1-8H3,(H2,55,56,57,58)/p+1. The summed E-state index contributed by atoms with van der Waals surface area (Å²) >= 11 is 0. The molecule has 0 unspecified atom stereocenters. The van der Waals surface area contributed by atoms with Gasteiger partial charge in [0.15, 0.2) is 12.3 Å². The van der Waals surface area contributed by atoms with Crippen LogP contribution in [0.25, 0.3) is 5.57 Å². The van der Waals surface area contributed by atoms with Gasteiger partial charge in [-0.1, -0.05) is 120 Å². The number of phenolic OH excluding ortho intramolecular Hbond substituents is 1. The minimum absolute atomic E-state index is 0.213. The maximum Gasteiger partial charge on any atom is 0.295 e. The Morgan fingerprint density at radius 3 is 1.76 bits per heavy atom. The van der Waals surface area contributed by atoms with Crippen LogP contribution in [-0.4, -0.2) is 41.5 Å². The van der Waals surface area contributed by atoms with Crippen LogP contribution in [0.4, 0.5) is 17.1 Å². The average molecular weight is 809 g/mol. The molecule has 306 valence electrons. The van der Waals surface area contributed by atoms with Crippen molar-refractivity contribution >= 4 is 38.5 Å². The van der Waals surface area contributed by atoms with Gasteiger partial charge in [-0.3, -0.25) is 4.55 Å². The smallest absolute Gasteiger partial charge is 0.295 e. The Morgan fingerprint density at radius 1 is 0.695 bits per heavy atom. The second kappa shape index (κ2) is 17.7. The molecule has 1 aliphatic carbocycles. The number of hydrogen-bond acceptors (Lipinski definition) is 5. The fraction of sp³-hybridized carbons (Fsp3) is 0.275. The fourth-order valence-corrected chi connectivity index (χ4v) is 8.30. The van der Waals surface area contributed by atoms with E-state index in [1.807, 2.05) is 120 Å². The average Bonchev–Trinajstić information content (AvgIpc) is 3.20. The highest BCUT2D eigenvalue weighted by molar-refractivity contribution is 7.86. The third-order valence-electron chi connectivity index (χ3n) is 10.8. The largest absolute Gasteiger partial charge is 0.507 e. The first-order chi connectivity index (χ1) is 28.0. The number of allylic oxidation sites excluding steroid dienone is 5. The maximum absolute atomic E-state index is 13.4. The summed E-state index contributed by atoms with van der Waals surface area (Å²) in [6.45, 7) is 19.7. The van der Waals surface area contributed by atoms with Gasteiger partial charge in [-0.05, 0) is 95.5 Å². The molecule has 5 aromatic rings. The second-order valence-electron chi connectivity index (χ2n) is 17.2. The molecule has 8 heteroatoms. The molecule has 0 heterocycles. The van der Waals surface area contributed by atoms with Gasteiger partial charge in [0.05, 0.1) is 0 Å². The van der Waals surface area contributed by atoms with E-state index in [9.17, 15) is 18.1 Å². The van der Waals surface area contributed by atoms with E-state index in [-0.39, 0.29) is 21.5 Å². The highest BCUT2D eigenvalue weighted by atomic mass is 32.2. The van der Waals surface area contributed by atoms with Crippen LogP contribution < -0.4 is 10.2 Å². The first-order valence-corrected chi connectivity index (χ1v) is 21.8. The summed E-state index contributed by atoms with van der Waals surface area (Å²) in [4.78, 5) is 2.08. The van der Waals surface area contributed by atoms with Gasteiger partial charge in [-0.15, -0.1) is 0 Å². The van der Waals surface area contributed by atoms with Crippen molar-refractivity contribution in [1.82, 2.24) is 0 Å². The van der Waals surface area contributed by atoms with E-state index in [2.05, 4.69) is 77.2 Å². The fourth-order valence-electron chi connectivity index (χ4n) is 7.57. The maximum atomic E-state index is 13.4. The van der Waals surface area contributed by atoms with Crippen molar-refractivity contribution in [2.45, 2.75) is 84.2 Å². The van der Waals surface area contributed by atoms with E-state index < -0.39 is 10.1 Å². The van der Waals surface area contributed by atoms with Gasteiger partial charge in [0, 0.05) is 64.6 Å². The van der Waals surface area contributed by atoms with E-state index >= 15 is 0 Å². The van der Waals surface area contributed by atoms with Crippen LogP contribution in [-0.2, 0) is 34.0 Å². The van der Waals surface area contributed by atoms with Crippen LogP contribution in [0.3, 0.4) is 0 Å². The minimum Gasteiger partial charge on any atom is -0.507 e. The lowest BCUT2D eigenvalue weighted by molar-refractivity contribution is -0.539. The lowest BCUT2D eigenvalue weighted by Gasteiger charge is -2.28. The molecule has 0 spiro atoms. The van der Waals surface area contributed by atoms with Gasteiger partial charge >= 0.3 is 0 Å². The molecular formula is C51H58N3O4S+. The highest BCUT2D eigenvalue weighted by Gasteiger charge is 2.28. The second-order valence-corrected chi connectivity index (χ2v) is 18.6. The number of phenols is 1. The van der Waals surface area contributed by atoms with E-state index in [4.69, 9.17) is 0 Å². The number of nitrogens with one attached hydrogen (secondary N) is 1. The Balaban J connectivity index is 1.47. The molecule has 0 radical (unpaired) electrons. The lowest BCUT2D eigenvalue weighted by atomic mass is 9.79. The summed E-state index contributed by atoms with van der Waals surface area (Å²) in [6, 6.07) is 37.8. The van der Waals surface area contributed by atoms with Gasteiger partial charge in [-0.25, -0.2) is 4.58 Å². The molecule has 0 atom stereocenters. The summed E-state index contributed by atoms with van der Waals surface area (Å²) < 4.78 is 40.0. The highest BCUT2D eigenvalue weighted by Crippen LogP contribution is 2.42. The number of benzene rings is 5. The van der Waals surface area contributed by atoms with Gasteiger partial charge in [-0.2, -0.15) is 8.42 Å². The van der Waals surface area contributed by atoms with Crippen molar-refractivity contribution in [3.05, 3.63) is 179 Å². The number of rotatable bonds is 12. The van der Waals surface area contributed by atoms with Crippen LogP contribution in [0.15, 0.2) is 150 Å². The summed E-state index contributed by atoms with van der Waals surface area (Å²) in [5, 5.41) is 14.7. The summed E-state index contributed by atoms with van der Waals surface area (Å²) in [6.07, 6.45) is 8.20. The molecule has 59 heavy (non-hydrogen) atoms. The molecule has 0 bridgehead atoms. The van der Waals surface area contributed by atoms with Crippen LogP contribution >= 0.6 is 0 Å². The molecule has 5 aromatic carbocycles. The normalized spacial score (nSPS) is 13.1. The number of aromatic hydroxyl groups is 1. The molecule has 6 rings (SSSR count). The zero-order valence-corrected chi connectivity index (χ0v) is 36.4. The molecular weight excluding hydrogens is 751 g/mol. The predicted molar refractivity (Wildman–Crippen MR) is 245 cm³/mol. The Bertz CT molecular complexity index is 2470. The van der Waals surface area contributed by atoms with Gasteiger partial charge < -0.3 is 15.3 Å². The molecule has 0 saturated heterocycles. The quantitative estimate of drug-likeness (QED) is 0.0660. The Labute approximate surface area is 351 Å². The molecule has 0 aliphatic heterocycles. The molecule has 7 nitrogen and oxygen atoms in total. The summed E-state index contributed by atoms with van der Waals surface area (Å²) in [5.74, 6) is 0.255. The first-order valence-electron chi connectivity index (χ1n) is 20.4. The third-order valence-corrected chi connectivity index (χ3v) is 11.7. The van der Waals surface area contributed by atoms with E-state index in [1.165, 1.54) is 17.2 Å². The van der Waals surface area contributed by atoms with Gasteiger partial charge in [0.2, 0.25) is 0 Å². The number of nitrogens with zero attached hydrogens (tertiary/aromatic N) is 2. The van der Waals surface area contributed by atoms with Crippen molar-refractivity contribution < 1.29 is 22.7 Å². The molecule has 0 fully saturated rings. The molecule has 0 aromatic heterocycles. The number of anilines is 3.